The minimum absolute atomic E-state index is 0.323. The van der Waals surface area contributed by atoms with Crippen molar-refractivity contribution in [3.8, 4) is 0 Å². The van der Waals surface area contributed by atoms with E-state index in [0.29, 0.717) is 11.6 Å². The highest BCUT2D eigenvalue weighted by Gasteiger charge is 2.52. The van der Waals surface area contributed by atoms with Crippen LogP contribution in [0.25, 0.3) is 0 Å². The van der Waals surface area contributed by atoms with Gasteiger partial charge in [-0.3, -0.25) is 9.69 Å². The molecule has 1 aliphatic rings. The summed E-state index contributed by atoms with van der Waals surface area (Å²) in [5.74, 6) is -0.802. The number of carboxylic acids is 1. The topological polar surface area (TPSA) is 49.8 Å². The van der Waals surface area contributed by atoms with E-state index in [9.17, 15) is 9.90 Å². The molecule has 0 bridgehead atoms. The Balaban J connectivity index is 2.00. The first kappa shape index (κ1) is 22.8. The summed E-state index contributed by atoms with van der Waals surface area (Å²) in [7, 11) is 1.86. The Labute approximate surface area is 184 Å². The molecule has 162 valence electrons. The second-order valence-electron chi connectivity index (χ2n) is 8.28. The van der Waals surface area contributed by atoms with Crippen LogP contribution in [-0.4, -0.2) is 35.6 Å². The number of hydrogen-bond acceptors (Lipinski definition) is 3. The first-order valence-corrected chi connectivity index (χ1v) is 11.2. The van der Waals surface area contributed by atoms with Gasteiger partial charge in [0.05, 0.1) is 5.60 Å². The number of ether oxygens (including phenoxy) is 1. The van der Waals surface area contributed by atoms with Gasteiger partial charge in [-0.1, -0.05) is 61.8 Å². The maximum atomic E-state index is 11.3. The Bertz CT molecular complexity index is 878. The van der Waals surface area contributed by atoms with E-state index in [2.05, 4.69) is 50.2 Å². The molecule has 2 atom stereocenters. The van der Waals surface area contributed by atoms with Crippen LogP contribution in [0.5, 0.6) is 0 Å². The lowest BCUT2D eigenvalue weighted by Crippen LogP contribution is -2.38. The normalized spacial score (nSPS) is 20.9. The van der Waals surface area contributed by atoms with Crippen molar-refractivity contribution in [2.45, 2.75) is 63.7 Å². The molecular formula is C25H32ClNO3. The predicted molar refractivity (Wildman–Crippen MR) is 121 cm³/mol. The Kier molecular flexibility index (Phi) is 6.91. The first-order chi connectivity index (χ1) is 14.3. The van der Waals surface area contributed by atoms with Gasteiger partial charge in [0.25, 0.3) is 0 Å². The standard InChI is InChI=1S/C25H32ClNO3/c1-5-24(6-2)21-10-7-8-11-22(21)25(30-24,19-12-14-20(26)15-13-19)16-9-17-27(4)18(3)23(28)29/h7-8,10-15,18H,5-6,9,16-17H2,1-4H3,(H,28,29). The second kappa shape index (κ2) is 9.09. The van der Waals surface area contributed by atoms with Crippen LogP contribution in [0.3, 0.4) is 0 Å². The molecule has 1 N–H and O–H groups in total. The molecule has 1 aliphatic heterocycles. The molecule has 0 fully saturated rings. The minimum atomic E-state index is -0.802. The summed E-state index contributed by atoms with van der Waals surface area (Å²) in [5.41, 5.74) is 2.68. The van der Waals surface area contributed by atoms with Crippen LogP contribution in [0.4, 0.5) is 0 Å². The van der Waals surface area contributed by atoms with E-state index >= 15 is 0 Å². The summed E-state index contributed by atoms with van der Waals surface area (Å²) in [6, 6.07) is 16.0. The summed E-state index contributed by atoms with van der Waals surface area (Å²) < 4.78 is 7.04. The van der Waals surface area contributed by atoms with Crippen molar-refractivity contribution in [1.29, 1.82) is 0 Å². The maximum absolute atomic E-state index is 11.3. The highest BCUT2D eigenvalue weighted by molar-refractivity contribution is 6.30. The molecule has 3 rings (SSSR count). The van der Waals surface area contributed by atoms with Gasteiger partial charge in [0.15, 0.2) is 0 Å². The average molecular weight is 430 g/mol. The van der Waals surface area contributed by atoms with Crippen LogP contribution in [0.15, 0.2) is 48.5 Å². The molecule has 5 heteroatoms. The molecule has 30 heavy (non-hydrogen) atoms. The molecule has 1 heterocycles. The lowest BCUT2D eigenvalue weighted by molar-refractivity contribution is -0.142. The molecule has 0 aromatic heterocycles. The Morgan fingerprint density at radius 2 is 1.70 bits per heavy atom. The van der Waals surface area contributed by atoms with Gasteiger partial charge in [0, 0.05) is 5.02 Å². The zero-order chi connectivity index (χ0) is 21.9. The van der Waals surface area contributed by atoms with Crippen molar-refractivity contribution in [2.75, 3.05) is 13.6 Å². The van der Waals surface area contributed by atoms with Crippen molar-refractivity contribution in [3.05, 3.63) is 70.2 Å². The fourth-order valence-electron chi connectivity index (χ4n) is 4.67. The van der Waals surface area contributed by atoms with Gasteiger partial charge in [0.2, 0.25) is 0 Å². The predicted octanol–water partition coefficient (Wildman–Crippen LogP) is 5.81. The smallest absolute Gasteiger partial charge is 0.320 e. The van der Waals surface area contributed by atoms with Gasteiger partial charge in [-0.2, -0.15) is 0 Å². The molecule has 0 radical (unpaired) electrons. The second-order valence-corrected chi connectivity index (χ2v) is 8.72. The average Bonchev–Trinajstić information content (AvgIpc) is 3.05. The molecule has 0 saturated heterocycles. The number of rotatable bonds is 9. The van der Waals surface area contributed by atoms with Crippen molar-refractivity contribution >= 4 is 17.6 Å². The van der Waals surface area contributed by atoms with Crippen molar-refractivity contribution < 1.29 is 14.6 Å². The van der Waals surface area contributed by atoms with E-state index in [1.54, 1.807) is 6.92 Å². The largest absolute Gasteiger partial charge is 0.480 e. The minimum Gasteiger partial charge on any atom is -0.480 e. The number of carboxylic acid groups (broad SMARTS) is 1. The number of likely N-dealkylation sites (N-methyl/N-ethyl adjacent to an activating group) is 1. The molecule has 4 nitrogen and oxygen atoms in total. The molecule has 2 aromatic carbocycles. The molecular weight excluding hydrogens is 398 g/mol. The molecule has 2 aromatic rings. The van der Waals surface area contributed by atoms with E-state index in [4.69, 9.17) is 16.3 Å². The number of aliphatic carboxylic acids is 1. The van der Waals surface area contributed by atoms with Crippen LogP contribution in [0.2, 0.25) is 5.02 Å². The number of fused-ring (bicyclic) bond motifs is 1. The highest BCUT2D eigenvalue weighted by Crippen LogP contribution is 2.55. The molecule has 0 saturated carbocycles. The van der Waals surface area contributed by atoms with Crippen LogP contribution in [0.1, 0.15) is 63.1 Å². The molecule has 0 spiro atoms. The van der Waals surface area contributed by atoms with Gasteiger partial charge in [-0.05, 0) is 75.0 Å². The third-order valence-corrected chi connectivity index (χ3v) is 6.99. The fourth-order valence-corrected chi connectivity index (χ4v) is 4.80. The number of halogens is 1. The van der Waals surface area contributed by atoms with Gasteiger partial charge < -0.3 is 9.84 Å². The fraction of sp³-hybridized carbons (Fsp3) is 0.480. The maximum Gasteiger partial charge on any atom is 0.320 e. The number of nitrogens with zero attached hydrogens (tertiary/aromatic N) is 1. The van der Waals surface area contributed by atoms with E-state index in [1.807, 2.05) is 24.1 Å². The Hall–Kier alpha value is -1.88. The SMILES string of the molecule is CCC1(CC)OC(CCCN(C)C(C)C(=O)O)(c2ccc(Cl)cc2)c2ccccc21. The molecule has 2 unspecified atom stereocenters. The van der Waals surface area contributed by atoms with E-state index in [0.717, 1.165) is 31.2 Å². The van der Waals surface area contributed by atoms with Gasteiger partial charge >= 0.3 is 5.97 Å². The van der Waals surface area contributed by atoms with Crippen LogP contribution >= 0.6 is 11.6 Å². The van der Waals surface area contributed by atoms with Gasteiger partial charge in [0.1, 0.15) is 11.6 Å². The summed E-state index contributed by atoms with van der Waals surface area (Å²) in [4.78, 5) is 13.2. The number of hydrogen-bond donors (Lipinski definition) is 1. The summed E-state index contributed by atoms with van der Waals surface area (Å²) >= 11 is 6.18. The lowest BCUT2D eigenvalue weighted by Gasteiger charge is -2.36. The van der Waals surface area contributed by atoms with E-state index in [1.165, 1.54) is 11.1 Å². The summed E-state index contributed by atoms with van der Waals surface area (Å²) in [6.45, 7) is 6.76. The Morgan fingerprint density at radius 3 is 2.27 bits per heavy atom. The first-order valence-electron chi connectivity index (χ1n) is 10.8. The van der Waals surface area contributed by atoms with E-state index in [-0.39, 0.29) is 5.60 Å². The third-order valence-electron chi connectivity index (χ3n) is 6.73. The lowest BCUT2D eigenvalue weighted by atomic mass is 9.80. The zero-order valence-electron chi connectivity index (χ0n) is 18.3. The third kappa shape index (κ3) is 4.01. The molecule has 0 amide bonds. The van der Waals surface area contributed by atoms with Crippen molar-refractivity contribution in [3.63, 3.8) is 0 Å². The number of benzene rings is 2. The summed E-state index contributed by atoms with van der Waals surface area (Å²) in [5, 5.41) is 10.0. The summed E-state index contributed by atoms with van der Waals surface area (Å²) in [6.07, 6.45) is 3.37. The number of carbonyl (C=O) groups is 1. The van der Waals surface area contributed by atoms with Crippen LogP contribution < -0.4 is 0 Å². The van der Waals surface area contributed by atoms with Crippen LogP contribution in [-0.2, 0) is 20.7 Å². The zero-order valence-corrected chi connectivity index (χ0v) is 19.1. The molecule has 0 aliphatic carbocycles. The van der Waals surface area contributed by atoms with Gasteiger partial charge in [-0.15, -0.1) is 0 Å². The highest BCUT2D eigenvalue weighted by atomic mass is 35.5. The van der Waals surface area contributed by atoms with Crippen LogP contribution in [0, 0.1) is 0 Å². The Morgan fingerprint density at radius 1 is 1.10 bits per heavy atom. The van der Waals surface area contributed by atoms with Crippen molar-refractivity contribution in [2.24, 2.45) is 0 Å². The van der Waals surface area contributed by atoms with Gasteiger partial charge in [-0.25, -0.2) is 0 Å². The van der Waals surface area contributed by atoms with Crippen molar-refractivity contribution in [1.82, 2.24) is 4.90 Å². The van der Waals surface area contributed by atoms with E-state index < -0.39 is 17.6 Å². The monoisotopic (exact) mass is 429 g/mol. The quantitative estimate of drug-likeness (QED) is 0.546.